The molecule has 0 spiro atoms. The zero-order valence-electron chi connectivity index (χ0n) is 16.5. The largest absolute Gasteiger partial charge is 0.486 e. The van der Waals surface area contributed by atoms with Crippen molar-refractivity contribution in [1.29, 1.82) is 0 Å². The fourth-order valence-electron chi connectivity index (χ4n) is 3.69. The van der Waals surface area contributed by atoms with Gasteiger partial charge in [0.2, 0.25) is 5.91 Å². The van der Waals surface area contributed by atoms with Crippen molar-refractivity contribution in [3.63, 3.8) is 0 Å². The van der Waals surface area contributed by atoms with Crippen LogP contribution in [0.25, 0.3) is 10.4 Å². The minimum absolute atomic E-state index is 0.0851. The first-order valence-corrected chi connectivity index (χ1v) is 11.2. The number of benzene rings is 2. The van der Waals surface area contributed by atoms with E-state index >= 15 is 0 Å². The van der Waals surface area contributed by atoms with Gasteiger partial charge in [0, 0.05) is 23.5 Å². The standard InChI is InChI=1S/C23H19ClN2O4S/c24-16-5-4-15(26-9-1-2-22(26)27)13-17(16)25-23(28)21-8-7-20(31-21)14-3-6-18-19(12-14)30-11-10-29-18/h3-8,12-13H,1-2,9-11H2,(H,25,28). The van der Waals surface area contributed by atoms with E-state index in [4.69, 9.17) is 21.1 Å². The summed E-state index contributed by atoms with van der Waals surface area (Å²) in [6.45, 7) is 1.75. The Morgan fingerprint density at radius 1 is 1.03 bits per heavy atom. The van der Waals surface area contributed by atoms with Gasteiger partial charge in [0.1, 0.15) is 13.2 Å². The lowest BCUT2D eigenvalue weighted by Crippen LogP contribution is -2.23. The molecule has 5 rings (SSSR count). The van der Waals surface area contributed by atoms with Crippen LogP contribution in [0, 0.1) is 0 Å². The minimum Gasteiger partial charge on any atom is -0.486 e. The Bertz CT molecular complexity index is 1180. The Hall–Kier alpha value is -3.03. The molecule has 3 heterocycles. The molecule has 2 aliphatic heterocycles. The van der Waals surface area contributed by atoms with Gasteiger partial charge in [-0.15, -0.1) is 11.3 Å². The summed E-state index contributed by atoms with van der Waals surface area (Å²) in [5.41, 5.74) is 2.18. The van der Waals surface area contributed by atoms with E-state index in [9.17, 15) is 9.59 Å². The molecule has 8 heteroatoms. The molecule has 6 nitrogen and oxygen atoms in total. The lowest BCUT2D eigenvalue weighted by molar-refractivity contribution is -0.117. The van der Waals surface area contributed by atoms with Crippen LogP contribution in [-0.2, 0) is 4.79 Å². The van der Waals surface area contributed by atoms with Crippen molar-refractivity contribution in [1.82, 2.24) is 0 Å². The number of carbonyl (C=O) groups is 2. The number of hydrogen-bond acceptors (Lipinski definition) is 5. The molecule has 2 aliphatic rings. The number of anilines is 2. The molecule has 1 aromatic heterocycles. The Balaban J connectivity index is 1.35. The van der Waals surface area contributed by atoms with E-state index < -0.39 is 0 Å². The van der Waals surface area contributed by atoms with Crippen molar-refractivity contribution < 1.29 is 19.1 Å². The number of rotatable bonds is 4. The first kappa shape index (κ1) is 19.9. The van der Waals surface area contributed by atoms with Gasteiger partial charge >= 0.3 is 0 Å². The lowest BCUT2D eigenvalue weighted by atomic mass is 10.1. The van der Waals surface area contributed by atoms with Gasteiger partial charge in [-0.1, -0.05) is 11.6 Å². The summed E-state index contributed by atoms with van der Waals surface area (Å²) < 4.78 is 11.2. The number of amides is 2. The molecule has 1 saturated heterocycles. The maximum absolute atomic E-state index is 12.9. The Kier molecular flexibility index (Phi) is 5.29. The zero-order chi connectivity index (χ0) is 21.4. The summed E-state index contributed by atoms with van der Waals surface area (Å²) in [6.07, 6.45) is 1.38. The highest BCUT2D eigenvalue weighted by Gasteiger charge is 2.23. The van der Waals surface area contributed by atoms with Crippen molar-refractivity contribution in [2.24, 2.45) is 0 Å². The Morgan fingerprint density at radius 3 is 2.68 bits per heavy atom. The van der Waals surface area contributed by atoms with Crippen LogP contribution in [0.1, 0.15) is 22.5 Å². The highest BCUT2D eigenvalue weighted by Crippen LogP contribution is 2.37. The van der Waals surface area contributed by atoms with Crippen molar-refractivity contribution in [2.45, 2.75) is 12.8 Å². The van der Waals surface area contributed by atoms with Gasteiger partial charge in [-0.2, -0.15) is 0 Å². The number of thiophene rings is 1. The molecule has 0 atom stereocenters. The second kappa shape index (κ2) is 8.24. The van der Waals surface area contributed by atoms with E-state index in [-0.39, 0.29) is 11.8 Å². The van der Waals surface area contributed by atoms with Crippen molar-refractivity contribution in [3.05, 3.63) is 58.4 Å². The van der Waals surface area contributed by atoms with Gasteiger partial charge in [-0.05, 0) is 60.5 Å². The Labute approximate surface area is 188 Å². The van der Waals surface area contributed by atoms with E-state index in [0.717, 1.165) is 28.3 Å². The number of hydrogen-bond donors (Lipinski definition) is 1. The number of nitrogens with one attached hydrogen (secondary N) is 1. The number of carbonyl (C=O) groups excluding carboxylic acids is 2. The van der Waals surface area contributed by atoms with Crippen LogP contribution in [0.15, 0.2) is 48.5 Å². The number of fused-ring (bicyclic) bond motifs is 1. The third-order valence-electron chi connectivity index (χ3n) is 5.24. The zero-order valence-corrected chi connectivity index (χ0v) is 18.1. The molecular weight excluding hydrogens is 436 g/mol. The first-order chi connectivity index (χ1) is 15.1. The molecule has 158 valence electrons. The maximum atomic E-state index is 12.9. The molecule has 0 unspecified atom stereocenters. The molecule has 2 amide bonds. The topological polar surface area (TPSA) is 67.9 Å². The molecular formula is C23H19ClN2O4S. The monoisotopic (exact) mass is 454 g/mol. The van der Waals surface area contributed by atoms with Gasteiger partial charge in [-0.3, -0.25) is 9.59 Å². The lowest BCUT2D eigenvalue weighted by Gasteiger charge is -2.18. The van der Waals surface area contributed by atoms with E-state index in [0.29, 0.717) is 47.5 Å². The molecule has 31 heavy (non-hydrogen) atoms. The quantitative estimate of drug-likeness (QED) is 0.587. The highest BCUT2D eigenvalue weighted by atomic mass is 35.5. The van der Waals surface area contributed by atoms with Gasteiger partial charge < -0.3 is 19.7 Å². The molecule has 2 aromatic carbocycles. The van der Waals surface area contributed by atoms with E-state index in [1.54, 1.807) is 29.2 Å². The predicted octanol–water partition coefficient (Wildman–Crippen LogP) is 5.22. The van der Waals surface area contributed by atoms with Crippen LogP contribution in [-0.4, -0.2) is 31.6 Å². The van der Waals surface area contributed by atoms with Crippen molar-refractivity contribution >= 4 is 46.1 Å². The number of ether oxygens (including phenoxy) is 2. The van der Waals surface area contributed by atoms with E-state index in [1.807, 2.05) is 24.3 Å². The molecule has 1 N–H and O–H groups in total. The van der Waals surface area contributed by atoms with Crippen molar-refractivity contribution in [3.8, 4) is 21.9 Å². The van der Waals surface area contributed by atoms with Crippen LogP contribution in [0.5, 0.6) is 11.5 Å². The molecule has 1 fully saturated rings. The van der Waals surface area contributed by atoms with Crippen LogP contribution >= 0.6 is 22.9 Å². The first-order valence-electron chi connectivity index (χ1n) is 9.99. The van der Waals surface area contributed by atoms with Crippen LogP contribution in [0.3, 0.4) is 0 Å². The minimum atomic E-state index is -0.249. The SMILES string of the molecule is O=C(Nc1cc(N2CCCC2=O)ccc1Cl)c1ccc(-c2ccc3c(c2)OCCO3)s1. The van der Waals surface area contributed by atoms with Gasteiger partial charge in [0.15, 0.2) is 11.5 Å². The van der Waals surface area contributed by atoms with Gasteiger partial charge in [0.05, 0.1) is 15.6 Å². The summed E-state index contributed by atoms with van der Waals surface area (Å²) in [6, 6.07) is 14.7. The highest BCUT2D eigenvalue weighted by molar-refractivity contribution is 7.17. The molecule has 0 saturated carbocycles. The second-order valence-electron chi connectivity index (χ2n) is 7.29. The fourth-order valence-corrected chi connectivity index (χ4v) is 4.76. The van der Waals surface area contributed by atoms with E-state index in [1.165, 1.54) is 11.3 Å². The second-order valence-corrected chi connectivity index (χ2v) is 8.78. The fraction of sp³-hybridized carbons (Fsp3) is 0.217. The molecule has 3 aromatic rings. The maximum Gasteiger partial charge on any atom is 0.265 e. The molecule has 0 aliphatic carbocycles. The molecule has 0 radical (unpaired) electrons. The molecule has 0 bridgehead atoms. The Morgan fingerprint density at radius 2 is 1.87 bits per heavy atom. The average Bonchev–Trinajstić information content (AvgIpc) is 3.44. The van der Waals surface area contributed by atoms with Crippen LogP contribution < -0.4 is 19.7 Å². The average molecular weight is 455 g/mol. The van der Waals surface area contributed by atoms with Gasteiger partial charge in [0.25, 0.3) is 5.91 Å². The predicted molar refractivity (Wildman–Crippen MR) is 122 cm³/mol. The van der Waals surface area contributed by atoms with E-state index in [2.05, 4.69) is 5.32 Å². The summed E-state index contributed by atoms with van der Waals surface area (Å²) in [5.74, 6) is 1.28. The third kappa shape index (κ3) is 3.98. The van der Waals surface area contributed by atoms with Crippen LogP contribution in [0.4, 0.5) is 11.4 Å². The number of nitrogens with zero attached hydrogens (tertiary/aromatic N) is 1. The summed E-state index contributed by atoms with van der Waals surface area (Å²) in [5, 5.41) is 3.30. The van der Waals surface area contributed by atoms with Gasteiger partial charge in [-0.25, -0.2) is 0 Å². The summed E-state index contributed by atoms with van der Waals surface area (Å²) in [7, 11) is 0. The number of halogens is 1. The third-order valence-corrected chi connectivity index (χ3v) is 6.70. The summed E-state index contributed by atoms with van der Waals surface area (Å²) >= 11 is 7.68. The smallest absolute Gasteiger partial charge is 0.265 e. The normalized spacial score (nSPS) is 15.3. The summed E-state index contributed by atoms with van der Waals surface area (Å²) in [4.78, 5) is 28.1. The van der Waals surface area contributed by atoms with Crippen LogP contribution in [0.2, 0.25) is 5.02 Å². The van der Waals surface area contributed by atoms with Crippen molar-refractivity contribution in [2.75, 3.05) is 30.0 Å².